The van der Waals surface area contributed by atoms with Gasteiger partial charge in [-0.1, -0.05) is 11.6 Å². The van der Waals surface area contributed by atoms with Gasteiger partial charge in [-0.15, -0.1) is 0 Å². The normalized spacial score (nSPS) is 26.4. The number of amidine groups is 1. The molecular weight excluding hydrogens is 226 g/mol. The number of nitrogens with two attached hydrogens (primary N) is 1. The number of nitrogens with one attached hydrogen (secondary N) is 1. The second-order valence-corrected chi connectivity index (χ2v) is 5.30. The molecule has 18 heavy (non-hydrogen) atoms. The number of hydrogen-bond donors (Lipinski definition) is 2. The Balaban J connectivity index is 1.94. The molecule has 0 spiro atoms. The van der Waals surface area contributed by atoms with Gasteiger partial charge in [0, 0.05) is 24.3 Å². The maximum Gasteiger partial charge on any atom is 0.124 e. The van der Waals surface area contributed by atoms with Gasteiger partial charge in [0.15, 0.2) is 0 Å². The molecule has 2 bridgehead atoms. The van der Waals surface area contributed by atoms with Crippen molar-refractivity contribution < 1.29 is 4.74 Å². The van der Waals surface area contributed by atoms with Gasteiger partial charge in [-0.2, -0.15) is 0 Å². The molecule has 2 aliphatic rings. The van der Waals surface area contributed by atoms with Crippen molar-refractivity contribution >= 4 is 11.5 Å². The van der Waals surface area contributed by atoms with Gasteiger partial charge in [0.05, 0.1) is 12.2 Å². The van der Waals surface area contributed by atoms with Crippen LogP contribution < -0.4 is 10.6 Å². The third-order valence-corrected chi connectivity index (χ3v) is 3.83. The maximum absolute atomic E-state index is 7.73. The third kappa shape index (κ3) is 1.97. The molecule has 0 amide bonds. The molecule has 0 radical (unpaired) electrons. The van der Waals surface area contributed by atoms with Gasteiger partial charge in [-0.3, -0.25) is 5.41 Å². The van der Waals surface area contributed by atoms with Gasteiger partial charge in [0.25, 0.3) is 0 Å². The van der Waals surface area contributed by atoms with Crippen LogP contribution in [0, 0.1) is 12.3 Å². The van der Waals surface area contributed by atoms with Gasteiger partial charge in [-0.25, -0.2) is 0 Å². The van der Waals surface area contributed by atoms with Crippen LogP contribution in [0.2, 0.25) is 0 Å². The Bertz CT molecular complexity index is 474. The second-order valence-electron chi connectivity index (χ2n) is 5.30. The first-order valence-electron chi connectivity index (χ1n) is 6.49. The number of ether oxygens (including phenoxy) is 1. The number of nitrogens with zero attached hydrogens (tertiary/aromatic N) is 1. The van der Waals surface area contributed by atoms with Crippen molar-refractivity contribution in [2.24, 2.45) is 5.73 Å². The van der Waals surface area contributed by atoms with Crippen LogP contribution in [-0.2, 0) is 4.74 Å². The fourth-order valence-corrected chi connectivity index (χ4v) is 2.95. The van der Waals surface area contributed by atoms with E-state index < -0.39 is 0 Å². The van der Waals surface area contributed by atoms with Crippen LogP contribution in [0.5, 0.6) is 0 Å². The smallest absolute Gasteiger partial charge is 0.124 e. The van der Waals surface area contributed by atoms with Crippen molar-refractivity contribution in [2.45, 2.75) is 32.0 Å². The van der Waals surface area contributed by atoms with Crippen LogP contribution in [0.15, 0.2) is 18.2 Å². The zero-order valence-electron chi connectivity index (χ0n) is 10.6. The molecule has 3 rings (SSSR count). The van der Waals surface area contributed by atoms with E-state index in [-0.39, 0.29) is 5.84 Å². The molecule has 2 heterocycles. The zero-order valence-corrected chi connectivity index (χ0v) is 10.6. The Morgan fingerprint density at radius 1 is 1.33 bits per heavy atom. The summed E-state index contributed by atoms with van der Waals surface area (Å²) in [6, 6.07) is 6.16. The molecule has 2 saturated heterocycles. The Morgan fingerprint density at radius 2 is 2.00 bits per heavy atom. The molecule has 1 aromatic carbocycles. The largest absolute Gasteiger partial charge is 0.384 e. The summed E-state index contributed by atoms with van der Waals surface area (Å²) in [6.45, 7) is 3.86. The van der Waals surface area contributed by atoms with Crippen LogP contribution in [0.4, 0.5) is 5.69 Å². The standard InChI is InChI=1S/C14H19N3O/c1-9-2-5-13(12(6-9)14(15)16)17-7-10-3-4-11(8-17)18-10/h2,5-6,10-11H,3-4,7-8H2,1H3,(H3,15,16). The van der Waals surface area contributed by atoms with Crippen LogP contribution in [-0.4, -0.2) is 31.1 Å². The molecule has 2 aliphatic heterocycles. The first-order valence-corrected chi connectivity index (χ1v) is 6.49. The van der Waals surface area contributed by atoms with Gasteiger partial charge < -0.3 is 15.4 Å². The predicted octanol–water partition coefficient (Wildman–Crippen LogP) is 1.65. The Hall–Kier alpha value is -1.55. The van der Waals surface area contributed by atoms with E-state index in [0.717, 1.165) is 42.7 Å². The summed E-state index contributed by atoms with van der Waals surface area (Å²) in [6.07, 6.45) is 3.01. The van der Waals surface area contributed by atoms with Crippen LogP contribution >= 0.6 is 0 Å². The minimum atomic E-state index is 0.146. The Labute approximate surface area is 107 Å². The van der Waals surface area contributed by atoms with E-state index in [1.54, 1.807) is 0 Å². The molecular formula is C14H19N3O. The highest BCUT2D eigenvalue weighted by atomic mass is 16.5. The average molecular weight is 245 g/mol. The monoisotopic (exact) mass is 245 g/mol. The SMILES string of the molecule is Cc1ccc(N2CC3CCC(C2)O3)c(C(=N)N)c1. The Morgan fingerprint density at radius 3 is 2.61 bits per heavy atom. The summed E-state index contributed by atoms with van der Waals surface area (Å²) in [5, 5.41) is 7.73. The summed E-state index contributed by atoms with van der Waals surface area (Å²) in [5.41, 5.74) is 8.76. The quantitative estimate of drug-likeness (QED) is 0.615. The fraction of sp³-hybridized carbons (Fsp3) is 0.500. The lowest BCUT2D eigenvalue weighted by molar-refractivity contribution is 0.0305. The van der Waals surface area contributed by atoms with Gasteiger partial charge in [0.1, 0.15) is 5.84 Å². The lowest BCUT2D eigenvalue weighted by Crippen LogP contribution is -2.43. The molecule has 0 saturated carbocycles. The molecule has 96 valence electrons. The molecule has 1 aromatic rings. The van der Waals surface area contributed by atoms with Crippen molar-refractivity contribution in [3.63, 3.8) is 0 Å². The molecule has 2 fully saturated rings. The number of rotatable bonds is 2. The summed E-state index contributed by atoms with van der Waals surface area (Å²) < 4.78 is 5.85. The fourth-order valence-electron chi connectivity index (χ4n) is 2.95. The summed E-state index contributed by atoms with van der Waals surface area (Å²) in [5.74, 6) is 0.146. The first kappa shape index (κ1) is 11.5. The van der Waals surface area contributed by atoms with E-state index in [9.17, 15) is 0 Å². The molecule has 2 atom stereocenters. The molecule has 0 aliphatic carbocycles. The molecule has 4 nitrogen and oxygen atoms in total. The van der Waals surface area contributed by atoms with Gasteiger partial charge in [0.2, 0.25) is 0 Å². The first-order chi connectivity index (χ1) is 8.63. The zero-order chi connectivity index (χ0) is 12.7. The number of fused-ring (bicyclic) bond motifs is 2. The van der Waals surface area contributed by atoms with E-state index in [4.69, 9.17) is 15.9 Å². The third-order valence-electron chi connectivity index (χ3n) is 3.83. The maximum atomic E-state index is 7.73. The highest BCUT2D eigenvalue weighted by Crippen LogP contribution is 2.31. The highest BCUT2D eigenvalue weighted by Gasteiger charge is 2.34. The molecule has 4 heteroatoms. The number of nitrogen functional groups attached to an aromatic ring is 1. The van der Waals surface area contributed by atoms with Crippen LogP contribution in [0.25, 0.3) is 0 Å². The minimum absolute atomic E-state index is 0.146. The van der Waals surface area contributed by atoms with Crippen molar-refractivity contribution in [3.05, 3.63) is 29.3 Å². The van der Waals surface area contributed by atoms with E-state index in [1.165, 1.54) is 0 Å². The highest BCUT2D eigenvalue weighted by molar-refractivity contribution is 6.00. The van der Waals surface area contributed by atoms with Crippen LogP contribution in [0.1, 0.15) is 24.0 Å². The molecule has 3 N–H and O–H groups in total. The van der Waals surface area contributed by atoms with E-state index in [2.05, 4.69) is 17.0 Å². The summed E-state index contributed by atoms with van der Waals surface area (Å²) in [4.78, 5) is 2.32. The van der Waals surface area contributed by atoms with Crippen molar-refractivity contribution in [3.8, 4) is 0 Å². The van der Waals surface area contributed by atoms with E-state index in [0.29, 0.717) is 12.2 Å². The number of anilines is 1. The van der Waals surface area contributed by atoms with Gasteiger partial charge in [-0.05, 0) is 31.9 Å². The number of benzene rings is 1. The topological polar surface area (TPSA) is 62.3 Å². The van der Waals surface area contributed by atoms with E-state index >= 15 is 0 Å². The number of morpholine rings is 1. The van der Waals surface area contributed by atoms with Gasteiger partial charge >= 0.3 is 0 Å². The number of aryl methyl sites for hydroxylation is 1. The van der Waals surface area contributed by atoms with E-state index in [1.807, 2.05) is 13.0 Å². The second kappa shape index (κ2) is 4.28. The minimum Gasteiger partial charge on any atom is -0.384 e. The Kier molecular flexibility index (Phi) is 2.74. The lowest BCUT2D eigenvalue weighted by atomic mass is 10.1. The van der Waals surface area contributed by atoms with Crippen LogP contribution in [0.3, 0.4) is 0 Å². The number of hydrogen-bond acceptors (Lipinski definition) is 3. The molecule has 0 aromatic heterocycles. The predicted molar refractivity (Wildman–Crippen MR) is 72.3 cm³/mol. The summed E-state index contributed by atoms with van der Waals surface area (Å²) >= 11 is 0. The van der Waals surface area contributed by atoms with Crippen molar-refractivity contribution in [2.75, 3.05) is 18.0 Å². The lowest BCUT2D eigenvalue weighted by Gasteiger charge is -2.35. The van der Waals surface area contributed by atoms with Crippen molar-refractivity contribution in [1.82, 2.24) is 0 Å². The summed E-state index contributed by atoms with van der Waals surface area (Å²) in [7, 11) is 0. The average Bonchev–Trinajstić information content (AvgIpc) is 2.68. The molecule has 2 unspecified atom stereocenters. The van der Waals surface area contributed by atoms with Crippen molar-refractivity contribution in [1.29, 1.82) is 5.41 Å².